The molecule has 1 unspecified atom stereocenters. The first-order valence-electron chi connectivity index (χ1n) is 6.17. The van der Waals surface area contributed by atoms with Crippen LogP contribution in [0.4, 0.5) is 0 Å². The second kappa shape index (κ2) is 6.61. The predicted molar refractivity (Wildman–Crippen MR) is 84.3 cm³/mol. The van der Waals surface area contributed by atoms with Crippen molar-refractivity contribution >= 4 is 27.3 Å². The standard InChI is InChI=1S/C14H18BrN3S/c1-10-17-13(9-19-10)8-18(2)14(7-16)11-4-3-5-12(15)6-11/h3-6,9,14H,7-8,16H2,1-2H3. The molecule has 0 amide bonds. The normalized spacial score (nSPS) is 12.9. The van der Waals surface area contributed by atoms with Gasteiger partial charge in [-0.3, -0.25) is 4.90 Å². The van der Waals surface area contributed by atoms with Crippen molar-refractivity contribution < 1.29 is 0 Å². The maximum atomic E-state index is 5.94. The number of thiazole rings is 1. The highest BCUT2D eigenvalue weighted by atomic mass is 79.9. The van der Waals surface area contributed by atoms with E-state index in [-0.39, 0.29) is 6.04 Å². The van der Waals surface area contributed by atoms with Gasteiger partial charge in [0.2, 0.25) is 0 Å². The van der Waals surface area contributed by atoms with Gasteiger partial charge in [-0.2, -0.15) is 0 Å². The van der Waals surface area contributed by atoms with E-state index in [0.29, 0.717) is 6.54 Å². The Hall–Kier alpha value is -0.750. The van der Waals surface area contributed by atoms with Gasteiger partial charge in [-0.25, -0.2) is 4.98 Å². The number of likely N-dealkylation sites (N-methyl/N-ethyl adjacent to an activating group) is 1. The quantitative estimate of drug-likeness (QED) is 0.908. The fourth-order valence-corrected chi connectivity index (χ4v) is 3.15. The molecule has 0 fully saturated rings. The number of aryl methyl sites for hydroxylation is 1. The summed E-state index contributed by atoms with van der Waals surface area (Å²) in [5.41, 5.74) is 8.28. The van der Waals surface area contributed by atoms with Crippen LogP contribution < -0.4 is 5.73 Å². The molecule has 1 atom stereocenters. The van der Waals surface area contributed by atoms with Crippen LogP contribution in [0.25, 0.3) is 0 Å². The SMILES string of the molecule is Cc1nc(CN(C)C(CN)c2cccc(Br)c2)cs1. The van der Waals surface area contributed by atoms with E-state index in [0.717, 1.165) is 21.7 Å². The molecule has 2 rings (SSSR count). The van der Waals surface area contributed by atoms with Gasteiger partial charge in [0.05, 0.1) is 10.7 Å². The predicted octanol–water partition coefficient (Wildman–Crippen LogP) is 3.35. The van der Waals surface area contributed by atoms with Gasteiger partial charge in [-0.1, -0.05) is 28.1 Å². The molecule has 2 N–H and O–H groups in total. The fraction of sp³-hybridized carbons (Fsp3) is 0.357. The Balaban J connectivity index is 2.12. The number of aromatic nitrogens is 1. The average Bonchev–Trinajstić information content (AvgIpc) is 2.75. The molecule has 3 nitrogen and oxygen atoms in total. The van der Waals surface area contributed by atoms with Gasteiger partial charge < -0.3 is 5.73 Å². The van der Waals surface area contributed by atoms with Gasteiger partial charge in [0, 0.05) is 29.0 Å². The highest BCUT2D eigenvalue weighted by Gasteiger charge is 2.16. The van der Waals surface area contributed by atoms with E-state index in [1.165, 1.54) is 5.56 Å². The second-order valence-electron chi connectivity index (χ2n) is 4.58. The number of halogens is 1. The maximum Gasteiger partial charge on any atom is 0.0897 e. The Labute approximate surface area is 126 Å². The minimum Gasteiger partial charge on any atom is -0.329 e. The molecule has 19 heavy (non-hydrogen) atoms. The summed E-state index contributed by atoms with van der Waals surface area (Å²) in [7, 11) is 2.09. The molecule has 1 heterocycles. The lowest BCUT2D eigenvalue weighted by atomic mass is 10.1. The zero-order valence-electron chi connectivity index (χ0n) is 11.1. The molecule has 0 aliphatic rings. The fourth-order valence-electron chi connectivity index (χ4n) is 2.13. The van der Waals surface area contributed by atoms with Gasteiger partial charge >= 0.3 is 0 Å². The van der Waals surface area contributed by atoms with E-state index in [4.69, 9.17) is 5.73 Å². The third kappa shape index (κ3) is 3.86. The van der Waals surface area contributed by atoms with E-state index in [1.807, 2.05) is 19.1 Å². The molecule has 0 radical (unpaired) electrons. The van der Waals surface area contributed by atoms with Crippen LogP contribution in [0.2, 0.25) is 0 Å². The largest absolute Gasteiger partial charge is 0.329 e. The van der Waals surface area contributed by atoms with E-state index >= 15 is 0 Å². The molecule has 0 spiro atoms. The third-order valence-electron chi connectivity index (χ3n) is 3.07. The van der Waals surface area contributed by atoms with E-state index < -0.39 is 0 Å². The molecule has 1 aromatic heterocycles. The summed E-state index contributed by atoms with van der Waals surface area (Å²) in [5.74, 6) is 0. The Morgan fingerprint density at radius 1 is 1.47 bits per heavy atom. The zero-order chi connectivity index (χ0) is 13.8. The molecule has 2 aromatic rings. The van der Waals surface area contributed by atoms with Gasteiger partial charge in [0.25, 0.3) is 0 Å². The van der Waals surface area contributed by atoms with Crippen LogP contribution in [-0.2, 0) is 6.54 Å². The van der Waals surface area contributed by atoms with E-state index in [9.17, 15) is 0 Å². The molecule has 0 bridgehead atoms. The Kier molecular flexibility index (Phi) is 5.10. The third-order valence-corrected chi connectivity index (χ3v) is 4.38. The Bertz CT molecular complexity index is 541. The molecule has 5 heteroatoms. The summed E-state index contributed by atoms with van der Waals surface area (Å²) in [4.78, 5) is 6.75. The summed E-state index contributed by atoms with van der Waals surface area (Å²) in [5, 5.41) is 3.22. The van der Waals surface area contributed by atoms with E-state index in [2.05, 4.69) is 50.4 Å². The number of nitrogens with two attached hydrogens (primary N) is 1. The van der Waals surface area contributed by atoms with Crippen molar-refractivity contribution in [3.63, 3.8) is 0 Å². The Morgan fingerprint density at radius 2 is 2.26 bits per heavy atom. The second-order valence-corrected chi connectivity index (χ2v) is 6.56. The highest BCUT2D eigenvalue weighted by Crippen LogP contribution is 2.23. The number of hydrogen-bond acceptors (Lipinski definition) is 4. The van der Waals surface area contributed by atoms with Crippen molar-refractivity contribution in [1.29, 1.82) is 0 Å². The molecule has 0 saturated heterocycles. The maximum absolute atomic E-state index is 5.94. The smallest absolute Gasteiger partial charge is 0.0897 e. The summed E-state index contributed by atoms with van der Waals surface area (Å²) in [6.45, 7) is 3.44. The van der Waals surface area contributed by atoms with Crippen LogP contribution in [0.3, 0.4) is 0 Å². The monoisotopic (exact) mass is 339 g/mol. The van der Waals surface area contributed by atoms with Crippen molar-refractivity contribution in [2.75, 3.05) is 13.6 Å². The average molecular weight is 340 g/mol. The molecule has 0 aliphatic heterocycles. The van der Waals surface area contributed by atoms with Gasteiger partial charge in [0.15, 0.2) is 0 Å². The van der Waals surface area contributed by atoms with Gasteiger partial charge in [-0.05, 0) is 31.7 Å². The molecular formula is C14H18BrN3S. The zero-order valence-corrected chi connectivity index (χ0v) is 13.5. The van der Waals surface area contributed by atoms with E-state index in [1.54, 1.807) is 11.3 Å². The summed E-state index contributed by atoms with van der Waals surface area (Å²) >= 11 is 5.20. The Morgan fingerprint density at radius 3 is 2.84 bits per heavy atom. The summed E-state index contributed by atoms with van der Waals surface area (Å²) in [6, 6.07) is 8.52. The summed E-state index contributed by atoms with van der Waals surface area (Å²) < 4.78 is 1.08. The molecule has 102 valence electrons. The number of hydrogen-bond donors (Lipinski definition) is 1. The van der Waals surface area contributed by atoms with Gasteiger partial charge in [0.1, 0.15) is 0 Å². The van der Waals surface area contributed by atoms with Crippen molar-refractivity contribution in [3.05, 3.63) is 50.4 Å². The highest BCUT2D eigenvalue weighted by molar-refractivity contribution is 9.10. The van der Waals surface area contributed by atoms with Crippen LogP contribution in [0, 0.1) is 6.92 Å². The first-order chi connectivity index (χ1) is 9.10. The lowest BCUT2D eigenvalue weighted by Gasteiger charge is -2.26. The number of rotatable bonds is 5. The molecule has 0 saturated carbocycles. The first kappa shape index (κ1) is 14.7. The van der Waals surface area contributed by atoms with Crippen LogP contribution in [-0.4, -0.2) is 23.5 Å². The minimum absolute atomic E-state index is 0.208. The number of nitrogens with zero attached hydrogens (tertiary/aromatic N) is 2. The lowest BCUT2D eigenvalue weighted by molar-refractivity contribution is 0.239. The van der Waals surface area contributed by atoms with Crippen LogP contribution in [0.5, 0.6) is 0 Å². The van der Waals surface area contributed by atoms with Crippen molar-refractivity contribution in [3.8, 4) is 0 Å². The van der Waals surface area contributed by atoms with Crippen molar-refractivity contribution in [2.24, 2.45) is 5.73 Å². The van der Waals surface area contributed by atoms with Crippen molar-refractivity contribution in [2.45, 2.75) is 19.5 Å². The molecule has 0 aliphatic carbocycles. The number of benzene rings is 1. The van der Waals surface area contributed by atoms with Crippen LogP contribution in [0.15, 0.2) is 34.1 Å². The minimum atomic E-state index is 0.208. The van der Waals surface area contributed by atoms with Gasteiger partial charge in [-0.15, -0.1) is 11.3 Å². The lowest BCUT2D eigenvalue weighted by Crippen LogP contribution is -2.30. The first-order valence-corrected chi connectivity index (χ1v) is 7.84. The topological polar surface area (TPSA) is 42.2 Å². The molecule has 1 aromatic carbocycles. The van der Waals surface area contributed by atoms with Crippen molar-refractivity contribution in [1.82, 2.24) is 9.88 Å². The van der Waals surface area contributed by atoms with Crippen LogP contribution >= 0.6 is 27.3 Å². The molecular weight excluding hydrogens is 322 g/mol. The summed E-state index contributed by atoms with van der Waals surface area (Å²) in [6.07, 6.45) is 0. The van der Waals surface area contributed by atoms with Crippen LogP contribution in [0.1, 0.15) is 22.3 Å².